The summed E-state index contributed by atoms with van der Waals surface area (Å²) < 4.78 is 33.4. The first kappa shape index (κ1) is 23.9. The molecule has 0 aliphatic carbocycles. The minimum atomic E-state index is -3.72. The zero-order chi connectivity index (χ0) is 24.1. The summed E-state index contributed by atoms with van der Waals surface area (Å²) in [4.78, 5) is 16.7. The van der Waals surface area contributed by atoms with Crippen molar-refractivity contribution in [2.24, 2.45) is 0 Å². The molecule has 4 rings (SSSR count). The molecule has 1 fully saturated rings. The molecule has 1 aliphatic rings. The lowest BCUT2D eigenvalue weighted by Gasteiger charge is -2.36. The Balaban J connectivity index is 1.28. The third-order valence-corrected chi connectivity index (χ3v) is 7.24. The molecule has 0 spiro atoms. The molecule has 34 heavy (non-hydrogen) atoms. The van der Waals surface area contributed by atoms with Gasteiger partial charge in [0, 0.05) is 42.6 Å². The molecular weight excluding hydrogens is 474 g/mol. The van der Waals surface area contributed by atoms with Crippen LogP contribution in [-0.4, -0.2) is 52.0 Å². The van der Waals surface area contributed by atoms with E-state index in [0.29, 0.717) is 42.6 Å². The van der Waals surface area contributed by atoms with Crippen LogP contribution in [0.5, 0.6) is 5.75 Å². The van der Waals surface area contributed by atoms with Gasteiger partial charge in [-0.15, -0.1) is 0 Å². The quantitative estimate of drug-likeness (QED) is 0.527. The first-order valence-corrected chi connectivity index (χ1v) is 12.8. The number of ether oxygens (including phenoxy) is 1. The summed E-state index contributed by atoms with van der Waals surface area (Å²) in [5.41, 5.74) is 2.58. The van der Waals surface area contributed by atoms with Crippen molar-refractivity contribution in [3.63, 3.8) is 0 Å². The predicted molar refractivity (Wildman–Crippen MR) is 134 cm³/mol. The van der Waals surface area contributed by atoms with Crippen molar-refractivity contribution >= 4 is 38.9 Å². The second-order valence-corrected chi connectivity index (χ2v) is 10.2. The first-order chi connectivity index (χ1) is 16.3. The molecule has 3 aromatic rings. The van der Waals surface area contributed by atoms with Crippen molar-refractivity contribution in [2.75, 3.05) is 42.4 Å². The number of nitrogens with zero attached hydrogens (tertiary/aromatic N) is 2. The van der Waals surface area contributed by atoms with Gasteiger partial charge in [-0.2, -0.15) is 0 Å². The third-order valence-electron chi connectivity index (χ3n) is 5.61. The van der Waals surface area contributed by atoms with Gasteiger partial charge in [0.1, 0.15) is 5.75 Å². The Labute approximate surface area is 205 Å². The second kappa shape index (κ2) is 10.4. The normalized spacial score (nSPS) is 14.1. The first-order valence-electron chi connectivity index (χ1n) is 10.9. The molecule has 0 radical (unpaired) electrons. The average molecular weight is 500 g/mol. The minimum absolute atomic E-state index is 0.106. The highest BCUT2D eigenvalue weighted by Gasteiger charge is 2.22. The molecule has 1 heterocycles. The highest BCUT2D eigenvalue weighted by atomic mass is 35.5. The number of aryl methyl sites for hydroxylation is 1. The van der Waals surface area contributed by atoms with Crippen molar-refractivity contribution in [3.05, 3.63) is 83.4 Å². The highest BCUT2D eigenvalue weighted by molar-refractivity contribution is 7.92. The van der Waals surface area contributed by atoms with Crippen LogP contribution in [0.4, 0.5) is 11.4 Å². The van der Waals surface area contributed by atoms with Gasteiger partial charge in [0.25, 0.3) is 15.9 Å². The average Bonchev–Trinajstić information content (AvgIpc) is 2.84. The smallest absolute Gasteiger partial charge is 0.261 e. The lowest BCUT2D eigenvalue weighted by Crippen LogP contribution is -2.50. The summed E-state index contributed by atoms with van der Waals surface area (Å²) in [6.07, 6.45) is 0. The van der Waals surface area contributed by atoms with Crippen LogP contribution < -0.4 is 14.4 Å². The predicted octanol–water partition coefficient (Wildman–Crippen LogP) is 4.18. The SMILES string of the molecule is Cc1ccc(NS(=O)(=O)c2ccc(OCC(=O)N3CCN(c4cccc(Cl)c4)CC3)cc2)cc1. The van der Waals surface area contributed by atoms with Crippen molar-refractivity contribution in [1.82, 2.24) is 4.90 Å². The van der Waals surface area contributed by atoms with Gasteiger partial charge in [-0.25, -0.2) is 8.42 Å². The number of sulfonamides is 1. The number of halogens is 1. The Morgan fingerprint density at radius 2 is 1.65 bits per heavy atom. The van der Waals surface area contributed by atoms with Crippen LogP contribution in [0.15, 0.2) is 77.7 Å². The molecule has 3 aromatic carbocycles. The maximum Gasteiger partial charge on any atom is 0.261 e. The molecule has 7 nitrogen and oxygen atoms in total. The molecule has 0 bridgehead atoms. The molecule has 9 heteroatoms. The van der Waals surface area contributed by atoms with E-state index in [-0.39, 0.29) is 17.4 Å². The van der Waals surface area contributed by atoms with E-state index >= 15 is 0 Å². The Bertz CT molecular complexity index is 1240. The van der Waals surface area contributed by atoms with E-state index in [1.54, 1.807) is 29.2 Å². The molecular formula is C25H26ClN3O4S. The summed E-state index contributed by atoms with van der Waals surface area (Å²) in [5, 5.41) is 0.689. The number of carbonyl (C=O) groups excluding carboxylic acids is 1. The van der Waals surface area contributed by atoms with Gasteiger partial charge in [-0.3, -0.25) is 9.52 Å². The summed E-state index contributed by atoms with van der Waals surface area (Å²) in [6.45, 7) is 4.44. The number of piperazine rings is 1. The van der Waals surface area contributed by atoms with Crippen LogP contribution in [-0.2, 0) is 14.8 Å². The van der Waals surface area contributed by atoms with Crippen molar-refractivity contribution in [2.45, 2.75) is 11.8 Å². The van der Waals surface area contributed by atoms with Crippen molar-refractivity contribution in [3.8, 4) is 5.75 Å². The Morgan fingerprint density at radius 3 is 2.29 bits per heavy atom. The van der Waals surface area contributed by atoms with E-state index in [4.69, 9.17) is 16.3 Å². The van der Waals surface area contributed by atoms with Gasteiger partial charge in [0.05, 0.1) is 4.90 Å². The van der Waals surface area contributed by atoms with E-state index in [9.17, 15) is 13.2 Å². The summed E-state index contributed by atoms with van der Waals surface area (Å²) in [7, 11) is -3.72. The Kier molecular flexibility index (Phi) is 7.29. The van der Waals surface area contributed by atoms with Gasteiger partial charge >= 0.3 is 0 Å². The zero-order valence-electron chi connectivity index (χ0n) is 18.8. The maximum atomic E-state index is 12.6. The number of benzene rings is 3. The van der Waals surface area contributed by atoms with Crippen LogP contribution in [0.25, 0.3) is 0 Å². The van der Waals surface area contributed by atoms with E-state index in [0.717, 1.165) is 11.3 Å². The van der Waals surface area contributed by atoms with Crippen LogP contribution in [0.2, 0.25) is 5.02 Å². The van der Waals surface area contributed by atoms with Crippen molar-refractivity contribution in [1.29, 1.82) is 0 Å². The van der Waals surface area contributed by atoms with Crippen LogP contribution >= 0.6 is 11.6 Å². The molecule has 178 valence electrons. The largest absolute Gasteiger partial charge is 0.484 e. The molecule has 0 unspecified atom stereocenters. The van der Waals surface area contributed by atoms with Gasteiger partial charge in [0.15, 0.2) is 6.61 Å². The van der Waals surface area contributed by atoms with E-state index < -0.39 is 10.0 Å². The van der Waals surface area contributed by atoms with Gasteiger partial charge < -0.3 is 14.5 Å². The van der Waals surface area contributed by atoms with Crippen LogP contribution in [0.1, 0.15) is 5.56 Å². The fourth-order valence-electron chi connectivity index (χ4n) is 3.67. The van der Waals surface area contributed by atoms with Crippen LogP contribution in [0.3, 0.4) is 0 Å². The summed E-state index contributed by atoms with van der Waals surface area (Å²) in [5.74, 6) is 0.323. The monoisotopic (exact) mass is 499 g/mol. The second-order valence-electron chi connectivity index (χ2n) is 8.08. The molecule has 0 atom stereocenters. The lowest BCUT2D eigenvalue weighted by atomic mass is 10.2. The maximum absolute atomic E-state index is 12.6. The number of hydrogen-bond donors (Lipinski definition) is 1. The minimum Gasteiger partial charge on any atom is -0.484 e. The number of amides is 1. The Hall–Kier alpha value is -3.23. The van der Waals surface area contributed by atoms with Gasteiger partial charge in [-0.1, -0.05) is 35.4 Å². The number of carbonyl (C=O) groups is 1. The van der Waals surface area contributed by atoms with Crippen LogP contribution in [0, 0.1) is 6.92 Å². The Morgan fingerprint density at radius 1 is 0.971 bits per heavy atom. The molecule has 1 aliphatic heterocycles. The standard InChI is InChI=1S/C25H26ClN3O4S/c1-19-5-7-21(8-6-19)27-34(31,32)24-11-9-23(10-12-24)33-18-25(30)29-15-13-28(14-16-29)22-4-2-3-20(26)17-22/h2-12,17,27H,13-16,18H2,1H3. The molecule has 1 saturated heterocycles. The number of rotatable bonds is 7. The van der Waals surface area contributed by atoms with Gasteiger partial charge in [-0.05, 0) is 61.5 Å². The number of hydrogen-bond acceptors (Lipinski definition) is 5. The highest BCUT2D eigenvalue weighted by Crippen LogP contribution is 2.22. The fraction of sp³-hybridized carbons (Fsp3) is 0.240. The fourth-order valence-corrected chi connectivity index (χ4v) is 4.92. The van der Waals surface area contributed by atoms with Gasteiger partial charge in [0.2, 0.25) is 0 Å². The topological polar surface area (TPSA) is 78.9 Å². The third kappa shape index (κ3) is 6.01. The van der Waals surface area contributed by atoms with E-state index in [1.165, 1.54) is 12.1 Å². The van der Waals surface area contributed by atoms with E-state index in [2.05, 4.69) is 9.62 Å². The number of nitrogens with one attached hydrogen (secondary N) is 1. The lowest BCUT2D eigenvalue weighted by molar-refractivity contribution is -0.133. The zero-order valence-corrected chi connectivity index (χ0v) is 20.3. The molecule has 0 saturated carbocycles. The summed E-state index contributed by atoms with van der Waals surface area (Å²) >= 11 is 6.07. The molecule has 0 aromatic heterocycles. The molecule has 1 amide bonds. The van der Waals surface area contributed by atoms with Crippen molar-refractivity contribution < 1.29 is 17.9 Å². The molecule has 1 N–H and O–H groups in total. The van der Waals surface area contributed by atoms with E-state index in [1.807, 2.05) is 43.3 Å². The number of anilines is 2. The summed E-state index contributed by atoms with van der Waals surface area (Å²) in [6, 6.07) is 20.8.